The number of esters is 1. The Kier molecular flexibility index (Phi) is 6.17. The van der Waals surface area contributed by atoms with Gasteiger partial charge >= 0.3 is 5.97 Å². The molecule has 1 N–H and O–H groups in total. The van der Waals surface area contributed by atoms with E-state index in [9.17, 15) is 22.4 Å². The number of halogens is 1. The molecule has 9 heteroatoms. The van der Waals surface area contributed by atoms with Crippen LogP contribution in [0.15, 0.2) is 47.4 Å². The minimum atomic E-state index is -4.05. The fourth-order valence-electron chi connectivity index (χ4n) is 2.12. The number of carbonyl (C=O) groups excluding carboxylic acids is 2. The molecule has 1 amide bonds. The smallest absolute Gasteiger partial charge is 0.338 e. The van der Waals surface area contributed by atoms with Gasteiger partial charge in [-0.2, -0.15) is 0 Å². The van der Waals surface area contributed by atoms with Crippen LogP contribution in [0.25, 0.3) is 0 Å². The number of likely N-dealkylation sites (N-methyl/N-ethyl adjacent to an activating group) is 1. The summed E-state index contributed by atoms with van der Waals surface area (Å²) in [6.07, 6.45) is 0. The number of sulfonamides is 1. The van der Waals surface area contributed by atoms with E-state index < -0.39 is 28.4 Å². The lowest BCUT2D eigenvalue weighted by Crippen LogP contribution is -2.27. The van der Waals surface area contributed by atoms with Crippen LogP contribution in [-0.4, -0.2) is 45.9 Å². The Bertz CT molecular complexity index is 973. The quantitative estimate of drug-likeness (QED) is 0.758. The number of ether oxygens (including phenoxy) is 1. The van der Waals surface area contributed by atoms with Crippen molar-refractivity contribution in [3.63, 3.8) is 0 Å². The van der Waals surface area contributed by atoms with Gasteiger partial charge in [0, 0.05) is 19.8 Å². The molecule has 0 fully saturated rings. The average Bonchev–Trinajstić information content (AvgIpc) is 2.61. The number of hydrogen-bond donors (Lipinski definition) is 1. The molecule has 7 nitrogen and oxygen atoms in total. The first-order valence-corrected chi connectivity index (χ1v) is 9.35. The molecule has 0 radical (unpaired) electrons. The zero-order valence-corrected chi connectivity index (χ0v) is 15.8. The van der Waals surface area contributed by atoms with Crippen molar-refractivity contribution >= 4 is 27.6 Å². The van der Waals surface area contributed by atoms with Crippen LogP contribution in [0.2, 0.25) is 0 Å². The first-order valence-electron chi connectivity index (χ1n) is 7.86. The van der Waals surface area contributed by atoms with Gasteiger partial charge in [0.1, 0.15) is 5.82 Å². The Labute approximate surface area is 156 Å². The topological polar surface area (TPSA) is 92.8 Å². The normalized spacial score (nSPS) is 11.0. The number of nitrogens with zero attached hydrogens (tertiary/aromatic N) is 1. The van der Waals surface area contributed by atoms with Crippen molar-refractivity contribution in [3.05, 3.63) is 59.4 Å². The van der Waals surface area contributed by atoms with Gasteiger partial charge in [0.05, 0.1) is 10.5 Å². The van der Waals surface area contributed by atoms with Crippen LogP contribution in [0.3, 0.4) is 0 Å². The van der Waals surface area contributed by atoms with Crippen molar-refractivity contribution in [3.8, 4) is 0 Å². The van der Waals surface area contributed by atoms with Crippen molar-refractivity contribution in [1.29, 1.82) is 0 Å². The summed E-state index contributed by atoms with van der Waals surface area (Å²) in [4.78, 5) is 24.6. The third kappa shape index (κ3) is 5.27. The number of aryl methyl sites for hydroxylation is 1. The summed E-state index contributed by atoms with van der Waals surface area (Å²) in [7, 11) is -0.993. The molecule has 0 aliphatic rings. The molecule has 0 atom stereocenters. The summed E-state index contributed by atoms with van der Waals surface area (Å²) in [5, 5.41) is 0. The third-order valence-corrected chi connectivity index (χ3v) is 5.14. The second kappa shape index (κ2) is 8.17. The summed E-state index contributed by atoms with van der Waals surface area (Å²) >= 11 is 0. The third-order valence-electron chi connectivity index (χ3n) is 3.62. The van der Waals surface area contributed by atoms with Crippen molar-refractivity contribution in [2.75, 3.05) is 25.4 Å². The monoisotopic (exact) mass is 394 g/mol. The van der Waals surface area contributed by atoms with Gasteiger partial charge in [-0.25, -0.2) is 17.6 Å². The minimum absolute atomic E-state index is 0.0673. The predicted molar refractivity (Wildman–Crippen MR) is 97.4 cm³/mol. The Hall–Kier alpha value is -2.94. The molecule has 0 bridgehead atoms. The highest BCUT2D eigenvalue weighted by atomic mass is 32.2. The van der Waals surface area contributed by atoms with Crippen molar-refractivity contribution in [2.45, 2.75) is 11.8 Å². The molecule has 144 valence electrons. The molecule has 0 aromatic heterocycles. The molecule has 2 rings (SSSR count). The summed E-state index contributed by atoms with van der Waals surface area (Å²) in [5.74, 6) is -1.83. The van der Waals surface area contributed by atoms with E-state index in [1.807, 2.05) is 0 Å². The molecule has 0 unspecified atom stereocenters. The van der Waals surface area contributed by atoms with Gasteiger partial charge < -0.3 is 9.64 Å². The summed E-state index contributed by atoms with van der Waals surface area (Å²) in [5.41, 5.74) is 0.548. The minimum Gasteiger partial charge on any atom is -0.452 e. The molecule has 0 spiro atoms. The zero-order valence-electron chi connectivity index (χ0n) is 15.0. The van der Waals surface area contributed by atoms with E-state index in [-0.39, 0.29) is 22.1 Å². The first-order chi connectivity index (χ1) is 12.6. The van der Waals surface area contributed by atoms with Crippen LogP contribution in [0.5, 0.6) is 0 Å². The van der Waals surface area contributed by atoms with Gasteiger partial charge in [0.25, 0.3) is 15.9 Å². The molecule has 2 aromatic carbocycles. The van der Waals surface area contributed by atoms with Crippen molar-refractivity contribution in [1.82, 2.24) is 4.90 Å². The number of hydrogen-bond acceptors (Lipinski definition) is 5. The lowest BCUT2D eigenvalue weighted by Gasteiger charge is -2.12. The van der Waals surface area contributed by atoms with E-state index >= 15 is 0 Å². The molecule has 0 saturated heterocycles. The van der Waals surface area contributed by atoms with E-state index in [0.717, 1.165) is 6.07 Å². The fraction of sp³-hybridized carbons (Fsp3) is 0.222. The van der Waals surface area contributed by atoms with Crippen LogP contribution in [0.1, 0.15) is 15.9 Å². The predicted octanol–water partition coefficient (Wildman–Crippen LogP) is 2.18. The second-order valence-corrected chi connectivity index (χ2v) is 7.61. The largest absolute Gasteiger partial charge is 0.452 e. The molecule has 27 heavy (non-hydrogen) atoms. The SMILES string of the molecule is Cc1ccc(F)cc1S(=O)(=O)Nc1cccc(C(=O)OCC(=O)N(C)C)c1. The summed E-state index contributed by atoms with van der Waals surface area (Å²) < 4.78 is 45.6. The molecule has 0 aliphatic carbocycles. The van der Waals surface area contributed by atoms with Gasteiger partial charge in [-0.15, -0.1) is 0 Å². The Morgan fingerprint density at radius 3 is 2.52 bits per heavy atom. The summed E-state index contributed by atoms with van der Waals surface area (Å²) in [6.45, 7) is 1.12. The standard InChI is InChI=1S/C18H19FN2O5S/c1-12-7-8-14(19)10-16(12)27(24,25)20-15-6-4-5-13(9-15)18(23)26-11-17(22)21(2)3/h4-10,20H,11H2,1-3H3. The number of nitrogens with one attached hydrogen (secondary N) is 1. The van der Waals surface area contributed by atoms with E-state index in [0.29, 0.717) is 5.56 Å². The van der Waals surface area contributed by atoms with E-state index in [4.69, 9.17) is 4.74 Å². The first kappa shape index (κ1) is 20.4. The van der Waals surface area contributed by atoms with Crippen LogP contribution in [0, 0.1) is 12.7 Å². The van der Waals surface area contributed by atoms with Crippen molar-refractivity contribution < 1.29 is 27.1 Å². The molecule has 0 heterocycles. The summed E-state index contributed by atoms with van der Waals surface area (Å²) in [6, 6.07) is 9.04. The molecule has 0 aliphatic heterocycles. The maximum absolute atomic E-state index is 13.4. The number of anilines is 1. The molecule has 2 aromatic rings. The average molecular weight is 394 g/mol. The second-order valence-electron chi connectivity index (χ2n) is 5.96. The zero-order chi connectivity index (χ0) is 20.2. The van der Waals surface area contributed by atoms with E-state index in [1.54, 1.807) is 6.92 Å². The van der Waals surface area contributed by atoms with Crippen LogP contribution in [-0.2, 0) is 19.6 Å². The lowest BCUT2D eigenvalue weighted by atomic mass is 10.2. The van der Waals surface area contributed by atoms with Crippen LogP contribution in [0.4, 0.5) is 10.1 Å². The Balaban J connectivity index is 2.19. The van der Waals surface area contributed by atoms with Crippen LogP contribution >= 0.6 is 0 Å². The number of amides is 1. The molecular formula is C18H19FN2O5S. The van der Waals surface area contributed by atoms with Crippen molar-refractivity contribution in [2.24, 2.45) is 0 Å². The Morgan fingerprint density at radius 1 is 1.15 bits per heavy atom. The van der Waals surface area contributed by atoms with Crippen LogP contribution < -0.4 is 4.72 Å². The highest BCUT2D eigenvalue weighted by Crippen LogP contribution is 2.21. The molecule has 0 saturated carbocycles. The van der Waals surface area contributed by atoms with Gasteiger partial charge in [0.2, 0.25) is 0 Å². The van der Waals surface area contributed by atoms with Gasteiger partial charge in [0.15, 0.2) is 6.61 Å². The Morgan fingerprint density at radius 2 is 1.85 bits per heavy atom. The lowest BCUT2D eigenvalue weighted by molar-refractivity contribution is -0.131. The van der Waals surface area contributed by atoms with Gasteiger partial charge in [-0.3, -0.25) is 9.52 Å². The van der Waals surface area contributed by atoms with E-state index in [2.05, 4.69) is 4.72 Å². The van der Waals surface area contributed by atoms with E-state index in [1.165, 1.54) is 55.4 Å². The maximum Gasteiger partial charge on any atom is 0.338 e. The number of carbonyl (C=O) groups is 2. The van der Waals surface area contributed by atoms with Gasteiger partial charge in [-0.1, -0.05) is 12.1 Å². The fourth-order valence-corrected chi connectivity index (χ4v) is 3.43. The number of benzene rings is 2. The number of rotatable bonds is 6. The highest BCUT2D eigenvalue weighted by molar-refractivity contribution is 7.92. The van der Waals surface area contributed by atoms with Gasteiger partial charge in [-0.05, 0) is 42.8 Å². The maximum atomic E-state index is 13.4. The highest BCUT2D eigenvalue weighted by Gasteiger charge is 2.19. The molecular weight excluding hydrogens is 375 g/mol.